The highest BCUT2D eigenvalue weighted by atomic mass is 16.2. The summed E-state index contributed by atoms with van der Waals surface area (Å²) in [7, 11) is 0. The number of pyridine rings is 1. The molecule has 0 aromatic carbocycles. The van der Waals surface area contributed by atoms with Gasteiger partial charge in [-0.1, -0.05) is 0 Å². The Balaban J connectivity index is 1.77. The summed E-state index contributed by atoms with van der Waals surface area (Å²) in [5.41, 5.74) is 7.92. The second kappa shape index (κ2) is 5.43. The number of anilines is 1. The molecule has 4 rings (SSSR count). The number of carbonyl (C=O) groups excluding carboxylic acids is 1. The maximum atomic E-state index is 12.6. The van der Waals surface area contributed by atoms with Crippen molar-refractivity contribution in [3.8, 4) is 11.3 Å². The SMILES string of the molecule is CC(=O)N1C[C@@H]2C[C@H](C1)c1cc(-c3cnc(N)cn3)cc(=O)n1C2. The van der Waals surface area contributed by atoms with Gasteiger partial charge in [0.1, 0.15) is 5.82 Å². The van der Waals surface area contributed by atoms with Crippen molar-refractivity contribution >= 4 is 11.7 Å². The summed E-state index contributed by atoms with van der Waals surface area (Å²) in [6.07, 6.45) is 4.08. The average Bonchev–Trinajstić information content (AvgIpc) is 2.56. The Bertz CT molecular complexity index is 858. The van der Waals surface area contributed by atoms with Crippen molar-refractivity contribution < 1.29 is 4.79 Å². The molecule has 2 N–H and O–H groups in total. The lowest BCUT2D eigenvalue weighted by Gasteiger charge is -2.42. The molecule has 24 heavy (non-hydrogen) atoms. The zero-order chi connectivity index (χ0) is 16.8. The number of aromatic nitrogens is 3. The quantitative estimate of drug-likeness (QED) is 0.839. The number of hydrogen-bond donors (Lipinski definition) is 1. The molecule has 1 fully saturated rings. The molecule has 2 aromatic rings. The van der Waals surface area contributed by atoms with Crippen LogP contribution in [0.15, 0.2) is 29.3 Å². The molecule has 2 atom stereocenters. The van der Waals surface area contributed by atoms with Crippen LogP contribution in [0, 0.1) is 5.92 Å². The highest BCUT2D eigenvalue weighted by molar-refractivity contribution is 5.73. The minimum atomic E-state index is -0.0212. The number of piperidine rings is 1. The van der Waals surface area contributed by atoms with Gasteiger partial charge >= 0.3 is 0 Å². The number of hydrogen-bond acceptors (Lipinski definition) is 5. The molecule has 0 aliphatic carbocycles. The van der Waals surface area contributed by atoms with Crippen LogP contribution in [0.1, 0.15) is 25.0 Å². The third-order valence-corrected chi connectivity index (χ3v) is 4.97. The van der Waals surface area contributed by atoms with Gasteiger partial charge in [0.2, 0.25) is 5.91 Å². The molecule has 0 saturated carbocycles. The van der Waals surface area contributed by atoms with Crippen molar-refractivity contribution in [2.45, 2.75) is 25.8 Å². The van der Waals surface area contributed by atoms with Crippen LogP contribution >= 0.6 is 0 Å². The van der Waals surface area contributed by atoms with E-state index in [0.717, 1.165) is 24.2 Å². The van der Waals surface area contributed by atoms with E-state index in [1.807, 2.05) is 15.5 Å². The highest BCUT2D eigenvalue weighted by Crippen LogP contribution is 2.36. The normalized spacial score (nSPS) is 22.1. The van der Waals surface area contributed by atoms with E-state index < -0.39 is 0 Å². The standard InChI is InChI=1S/C17H19N5O2/c1-10(23)21-7-11-2-13(9-21)15-3-12(4-17(24)22(15)8-11)14-5-20-16(18)6-19-14/h3-6,11,13H,2,7-9H2,1H3,(H2,18,20)/t11-,13+/m0/s1. The molecule has 1 amide bonds. The highest BCUT2D eigenvalue weighted by Gasteiger charge is 2.35. The predicted molar refractivity (Wildman–Crippen MR) is 89.2 cm³/mol. The summed E-state index contributed by atoms with van der Waals surface area (Å²) in [5, 5.41) is 0. The van der Waals surface area contributed by atoms with Crippen LogP contribution in [0.3, 0.4) is 0 Å². The minimum absolute atomic E-state index is 0.0212. The fourth-order valence-corrected chi connectivity index (χ4v) is 3.85. The lowest BCUT2D eigenvalue weighted by Crippen LogP contribution is -2.48. The topological polar surface area (TPSA) is 94.1 Å². The van der Waals surface area contributed by atoms with E-state index in [9.17, 15) is 9.59 Å². The number of amides is 1. The van der Waals surface area contributed by atoms with Crippen molar-refractivity contribution in [3.63, 3.8) is 0 Å². The molecule has 124 valence electrons. The van der Waals surface area contributed by atoms with Gasteiger partial charge in [0.05, 0.1) is 18.1 Å². The molecular formula is C17H19N5O2. The molecule has 2 aromatic heterocycles. The molecule has 2 aliphatic heterocycles. The first kappa shape index (κ1) is 14.9. The first-order valence-corrected chi connectivity index (χ1v) is 8.09. The van der Waals surface area contributed by atoms with E-state index in [-0.39, 0.29) is 17.4 Å². The van der Waals surface area contributed by atoms with Crippen LogP contribution in [0.2, 0.25) is 0 Å². The molecule has 0 radical (unpaired) electrons. The first-order chi connectivity index (χ1) is 11.5. The van der Waals surface area contributed by atoms with E-state index >= 15 is 0 Å². The van der Waals surface area contributed by atoms with Crippen LogP contribution in [0.4, 0.5) is 5.82 Å². The van der Waals surface area contributed by atoms with E-state index in [4.69, 9.17) is 5.73 Å². The second-order valence-electron chi connectivity index (χ2n) is 6.67. The van der Waals surface area contributed by atoms with Gasteiger partial charge in [-0.2, -0.15) is 0 Å². The van der Waals surface area contributed by atoms with Crippen LogP contribution < -0.4 is 11.3 Å². The summed E-state index contributed by atoms with van der Waals surface area (Å²) in [6, 6.07) is 3.61. The smallest absolute Gasteiger partial charge is 0.251 e. The van der Waals surface area contributed by atoms with Gasteiger partial charge in [0.25, 0.3) is 5.56 Å². The fourth-order valence-electron chi connectivity index (χ4n) is 3.85. The van der Waals surface area contributed by atoms with E-state index in [0.29, 0.717) is 30.5 Å². The summed E-state index contributed by atoms with van der Waals surface area (Å²) < 4.78 is 1.85. The number of nitrogens with zero attached hydrogens (tertiary/aromatic N) is 4. The van der Waals surface area contributed by atoms with Crippen molar-refractivity contribution in [2.75, 3.05) is 18.8 Å². The van der Waals surface area contributed by atoms with Gasteiger partial charge in [0.15, 0.2) is 0 Å². The van der Waals surface area contributed by atoms with Crippen molar-refractivity contribution in [1.82, 2.24) is 19.4 Å². The molecule has 7 nitrogen and oxygen atoms in total. The van der Waals surface area contributed by atoms with Crippen LogP contribution in [-0.4, -0.2) is 38.4 Å². The first-order valence-electron chi connectivity index (χ1n) is 8.09. The van der Waals surface area contributed by atoms with Crippen LogP contribution in [0.5, 0.6) is 0 Å². The van der Waals surface area contributed by atoms with Gasteiger partial charge in [-0.3, -0.25) is 14.6 Å². The van der Waals surface area contributed by atoms with Crippen molar-refractivity contribution in [3.05, 3.63) is 40.6 Å². The summed E-state index contributed by atoms with van der Waals surface area (Å²) in [4.78, 5) is 34.5. The lowest BCUT2D eigenvalue weighted by atomic mass is 9.82. The van der Waals surface area contributed by atoms with Crippen LogP contribution in [-0.2, 0) is 11.3 Å². The van der Waals surface area contributed by atoms with Gasteiger partial charge in [0, 0.05) is 49.8 Å². The number of rotatable bonds is 1. The molecule has 0 unspecified atom stereocenters. The van der Waals surface area contributed by atoms with Crippen molar-refractivity contribution in [1.29, 1.82) is 0 Å². The summed E-state index contributed by atoms with van der Waals surface area (Å²) >= 11 is 0. The number of likely N-dealkylation sites (tertiary alicyclic amines) is 1. The Morgan fingerprint density at radius 3 is 2.75 bits per heavy atom. The monoisotopic (exact) mass is 325 g/mol. The zero-order valence-electron chi connectivity index (χ0n) is 13.5. The van der Waals surface area contributed by atoms with E-state index in [1.54, 1.807) is 19.2 Å². The molecule has 0 spiro atoms. The average molecular weight is 325 g/mol. The predicted octanol–water partition coefficient (Wildman–Crippen LogP) is 0.853. The van der Waals surface area contributed by atoms with Crippen LogP contribution in [0.25, 0.3) is 11.3 Å². The van der Waals surface area contributed by atoms with Crippen molar-refractivity contribution in [2.24, 2.45) is 5.92 Å². The minimum Gasteiger partial charge on any atom is -0.382 e. The number of fused-ring (bicyclic) bond motifs is 4. The van der Waals surface area contributed by atoms with E-state index in [2.05, 4.69) is 9.97 Å². The van der Waals surface area contributed by atoms with Gasteiger partial charge in [-0.15, -0.1) is 0 Å². The second-order valence-corrected chi connectivity index (χ2v) is 6.67. The van der Waals surface area contributed by atoms with Gasteiger partial charge in [-0.05, 0) is 18.4 Å². The number of carbonyl (C=O) groups is 1. The Hall–Kier alpha value is -2.70. The molecule has 7 heteroatoms. The summed E-state index contributed by atoms with van der Waals surface area (Å²) in [6.45, 7) is 3.68. The molecule has 2 bridgehead atoms. The van der Waals surface area contributed by atoms with E-state index in [1.165, 1.54) is 6.20 Å². The maximum Gasteiger partial charge on any atom is 0.251 e. The molecule has 1 saturated heterocycles. The molecule has 4 heterocycles. The van der Waals surface area contributed by atoms with Gasteiger partial charge < -0.3 is 15.2 Å². The Morgan fingerprint density at radius 2 is 2.04 bits per heavy atom. The summed E-state index contributed by atoms with van der Waals surface area (Å²) in [5.74, 6) is 0.984. The van der Waals surface area contributed by atoms with Gasteiger partial charge in [-0.25, -0.2) is 4.98 Å². The molecular weight excluding hydrogens is 306 g/mol. The molecule has 2 aliphatic rings. The Morgan fingerprint density at radius 1 is 1.21 bits per heavy atom. The lowest BCUT2D eigenvalue weighted by molar-refractivity contribution is -0.131. The Kier molecular flexibility index (Phi) is 3.37. The largest absolute Gasteiger partial charge is 0.382 e. The zero-order valence-corrected chi connectivity index (χ0v) is 13.5. The maximum absolute atomic E-state index is 12.6. The third-order valence-electron chi connectivity index (χ3n) is 4.97. The number of nitrogens with two attached hydrogens (primary N) is 1. The Labute approximate surface area is 139 Å². The number of nitrogen functional groups attached to an aromatic ring is 1. The fraction of sp³-hybridized carbons (Fsp3) is 0.412. The third kappa shape index (κ3) is 2.46.